The number of benzene rings is 2. The second-order valence-corrected chi connectivity index (χ2v) is 7.38. The molecule has 0 saturated heterocycles. The maximum absolute atomic E-state index is 13.9. The Bertz CT molecular complexity index is 926. The molecule has 2 rings (SSSR count). The normalized spacial score (nSPS) is 11.6. The molecule has 31 heavy (non-hydrogen) atoms. The SMILES string of the molecule is CC(C)[C@H](NC(=O)c1c(F)cccc1F)C(=O)Nc1ccc(OCC(=O)N(C)C)cc1. The molecule has 0 heterocycles. The first kappa shape index (κ1) is 23.8. The van der Waals surface area contributed by atoms with Crippen LogP contribution in [0.3, 0.4) is 0 Å². The summed E-state index contributed by atoms with van der Waals surface area (Å²) in [5.74, 6) is -3.68. The Morgan fingerprint density at radius 2 is 1.58 bits per heavy atom. The Labute approximate surface area is 179 Å². The van der Waals surface area contributed by atoms with Gasteiger partial charge in [0.05, 0.1) is 0 Å². The van der Waals surface area contributed by atoms with Gasteiger partial charge in [-0.3, -0.25) is 14.4 Å². The third-order valence-electron chi connectivity index (χ3n) is 4.41. The van der Waals surface area contributed by atoms with Gasteiger partial charge in [0.15, 0.2) is 6.61 Å². The highest BCUT2D eigenvalue weighted by Crippen LogP contribution is 2.18. The van der Waals surface area contributed by atoms with Crippen LogP contribution in [0.4, 0.5) is 14.5 Å². The fourth-order valence-electron chi connectivity index (χ4n) is 2.59. The summed E-state index contributed by atoms with van der Waals surface area (Å²) in [6, 6.07) is 8.37. The van der Waals surface area contributed by atoms with Crippen LogP contribution in [0.5, 0.6) is 5.75 Å². The number of rotatable bonds is 8. The Balaban J connectivity index is 2.04. The van der Waals surface area contributed by atoms with Crippen LogP contribution in [-0.2, 0) is 9.59 Å². The first-order chi connectivity index (χ1) is 14.6. The molecular weight excluding hydrogens is 408 g/mol. The van der Waals surface area contributed by atoms with Crippen LogP contribution in [0.15, 0.2) is 42.5 Å². The maximum atomic E-state index is 13.9. The predicted octanol–water partition coefficient (Wildman–Crippen LogP) is 2.82. The standard InChI is InChI=1S/C22H25F2N3O4/c1-13(2)20(26-21(29)19-16(23)6-5-7-17(19)24)22(30)25-14-8-10-15(11-9-14)31-12-18(28)27(3)4/h5-11,13,20H,12H2,1-4H3,(H,25,30)(H,26,29)/t20-/m0/s1. The number of amides is 3. The third-order valence-corrected chi connectivity index (χ3v) is 4.41. The highest BCUT2D eigenvalue weighted by atomic mass is 19.1. The van der Waals surface area contributed by atoms with Gasteiger partial charge in [-0.25, -0.2) is 8.78 Å². The van der Waals surface area contributed by atoms with E-state index in [-0.39, 0.29) is 18.4 Å². The molecule has 0 unspecified atom stereocenters. The summed E-state index contributed by atoms with van der Waals surface area (Å²) < 4.78 is 33.1. The van der Waals surface area contributed by atoms with Gasteiger partial charge in [-0.05, 0) is 42.3 Å². The van der Waals surface area contributed by atoms with E-state index in [4.69, 9.17) is 4.74 Å². The van der Waals surface area contributed by atoms with Crippen molar-refractivity contribution in [1.82, 2.24) is 10.2 Å². The molecule has 0 aliphatic rings. The summed E-state index contributed by atoms with van der Waals surface area (Å²) in [4.78, 5) is 38.0. The topological polar surface area (TPSA) is 87.7 Å². The maximum Gasteiger partial charge on any atom is 0.259 e. The molecule has 0 aromatic heterocycles. The van der Waals surface area contributed by atoms with Crippen molar-refractivity contribution >= 4 is 23.4 Å². The molecule has 2 aromatic carbocycles. The van der Waals surface area contributed by atoms with Gasteiger partial charge in [0.25, 0.3) is 11.8 Å². The van der Waals surface area contributed by atoms with Gasteiger partial charge < -0.3 is 20.3 Å². The zero-order chi connectivity index (χ0) is 23.1. The Kier molecular flexibility index (Phi) is 8.07. The van der Waals surface area contributed by atoms with E-state index in [0.29, 0.717) is 11.4 Å². The minimum absolute atomic E-state index is 0.118. The lowest BCUT2D eigenvalue weighted by Crippen LogP contribution is -2.47. The quantitative estimate of drug-likeness (QED) is 0.670. The van der Waals surface area contributed by atoms with Crippen molar-refractivity contribution in [3.63, 3.8) is 0 Å². The van der Waals surface area contributed by atoms with Crippen LogP contribution in [0.25, 0.3) is 0 Å². The minimum Gasteiger partial charge on any atom is -0.484 e. The van der Waals surface area contributed by atoms with Gasteiger partial charge in [-0.15, -0.1) is 0 Å². The molecule has 1 atom stereocenters. The van der Waals surface area contributed by atoms with Crippen molar-refractivity contribution in [3.05, 3.63) is 59.7 Å². The van der Waals surface area contributed by atoms with Crippen LogP contribution in [0.1, 0.15) is 24.2 Å². The fraction of sp³-hybridized carbons (Fsp3) is 0.318. The lowest BCUT2D eigenvalue weighted by atomic mass is 10.0. The monoisotopic (exact) mass is 433 g/mol. The van der Waals surface area contributed by atoms with Crippen LogP contribution in [0.2, 0.25) is 0 Å². The number of halogens is 2. The molecule has 2 N–H and O–H groups in total. The molecule has 0 saturated carbocycles. The van der Waals surface area contributed by atoms with E-state index < -0.39 is 35.1 Å². The molecular formula is C22H25F2N3O4. The van der Waals surface area contributed by atoms with Crippen molar-refractivity contribution in [2.24, 2.45) is 5.92 Å². The number of hydrogen-bond acceptors (Lipinski definition) is 4. The van der Waals surface area contributed by atoms with E-state index in [0.717, 1.165) is 18.2 Å². The fourth-order valence-corrected chi connectivity index (χ4v) is 2.59. The molecule has 3 amide bonds. The van der Waals surface area contributed by atoms with Crippen molar-refractivity contribution in [3.8, 4) is 5.75 Å². The molecule has 166 valence electrons. The molecule has 0 aliphatic heterocycles. The zero-order valence-electron chi connectivity index (χ0n) is 17.7. The molecule has 0 radical (unpaired) electrons. The van der Waals surface area contributed by atoms with Gasteiger partial charge in [-0.2, -0.15) is 0 Å². The Hall–Kier alpha value is -3.49. The van der Waals surface area contributed by atoms with Crippen LogP contribution in [-0.4, -0.2) is 49.4 Å². The van der Waals surface area contributed by atoms with Crippen molar-refractivity contribution < 1.29 is 27.9 Å². The third kappa shape index (κ3) is 6.50. The number of anilines is 1. The van der Waals surface area contributed by atoms with E-state index in [1.165, 1.54) is 4.90 Å². The van der Waals surface area contributed by atoms with Crippen molar-refractivity contribution in [1.29, 1.82) is 0 Å². The summed E-state index contributed by atoms with van der Waals surface area (Å²) in [6.07, 6.45) is 0. The minimum atomic E-state index is -1.03. The average molecular weight is 433 g/mol. The number of carbonyl (C=O) groups excluding carboxylic acids is 3. The van der Waals surface area contributed by atoms with Gasteiger partial charge in [-0.1, -0.05) is 19.9 Å². The Morgan fingerprint density at radius 1 is 1.00 bits per heavy atom. The molecule has 7 nitrogen and oxygen atoms in total. The summed E-state index contributed by atoms with van der Waals surface area (Å²) in [7, 11) is 3.24. The van der Waals surface area contributed by atoms with Gasteiger partial charge >= 0.3 is 0 Å². The molecule has 0 aliphatic carbocycles. The van der Waals surface area contributed by atoms with E-state index in [1.807, 2.05) is 0 Å². The molecule has 0 spiro atoms. The highest BCUT2D eigenvalue weighted by Gasteiger charge is 2.27. The average Bonchev–Trinajstić information content (AvgIpc) is 2.70. The van der Waals surface area contributed by atoms with Crippen LogP contribution in [0, 0.1) is 17.6 Å². The largest absolute Gasteiger partial charge is 0.484 e. The highest BCUT2D eigenvalue weighted by molar-refractivity contribution is 6.01. The van der Waals surface area contributed by atoms with E-state index in [1.54, 1.807) is 52.2 Å². The molecule has 2 aromatic rings. The Morgan fingerprint density at radius 3 is 2.10 bits per heavy atom. The number of nitrogens with one attached hydrogen (secondary N) is 2. The lowest BCUT2D eigenvalue weighted by molar-refractivity contribution is -0.130. The van der Waals surface area contributed by atoms with E-state index in [2.05, 4.69) is 10.6 Å². The number of nitrogens with zero attached hydrogens (tertiary/aromatic N) is 1. The first-order valence-corrected chi connectivity index (χ1v) is 9.59. The first-order valence-electron chi connectivity index (χ1n) is 9.59. The molecule has 0 bridgehead atoms. The van der Waals surface area contributed by atoms with Gasteiger partial charge in [0.1, 0.15) is 29.0 Å². The predicted molar refractivity (Wildman–Crippen MR) is 112 cm³/mol. The number of ether oxygens (including phenoxy) is 1. The summed E-state index contributed by atoms with van der Waals surface area (Å²) in [5.41, 5.74) is -0.317. The lowest BCUT2D eigenvalue weighted by Gasteiger charge is -2.22. The van der Waals surface area contributed by atoms with Crippen molar-refractivity contribution in [2.45, 2.75) is 19.9 Å². The van der Waals surface area contributed by atoms with Crippen LogP contribution >= 0.6 is 0 Å². The van der Waals surface area contributed by atoms with E-state index in [9.17, 15) is 23.2 Å². The number of hydrogen-bond donors (Lipinski definition) is 2. The van der Waals surface area contributed by atoms with Gasteiger partial charge in [0.2, 0.25) is 5.91 Å². The second-order valence-electron chi connectivity index (χ2n) is 7.38. The zero-order valence-corrected chi connectivity index (χ0v) is 17.7. The van der Waals surface area contributed by atoms with Gasteiger partial charge in [0, 0.05) is 19.8 Å². The van der Waals surface area contributed by atoms with Crippen molar-refractivity contribution in [2.75, 3.05) is 26.0 Å². The van der Waals surface area contributed by atoms with Crippen LogP contribution < -0.4 is 15.4 Å². The molecule has 0 fully saturated rings. The summed E-state index contributed by atoms with van der Waals surface area (Å²) in [5, 5.41) is 5.04. The summed E-state index contributed by atoms with van der Waals surface area (Å²) in [6.45, 7) is 3.27. The number of likely N-dealkylation sites (N-methyl/N-ethyl adjacent to an activating group) is 1. The van der Waals surface area contributed by atoms with E-state index >= 15 is 0 Å². The number of carbonyl (C=O) groups is 3. The summed E-state index contributed by atoms with van der Waals surface area (Å²) >= 11 is 0. The molecule has 9 heteroatoms. The second kappa shape index (κ2) is 10.5. The smallest absolute Gasteiger partial charge is 0.259 e.